The number of benzene rings is 2. The van der Waals surface area contributed by atoms with E-state index in [4.69, 9.17) is 20.8 Å². The van der Waals surface area contributed by atoms with Gasteiger partial charge in [0.1, 0.15) is 11.3 Å². The number of sulfone groups is 1. The second-order valence-corrected chi connectivity index (χ2v) is 8.99. The maximum absolute atomic E-state index is 12.4. The van der Waals surface area contributed by atoms with Crippen LogP contribution in [0.4, 0.5) is 5.69 Å². The number of para-hydroxylation sites is 1. The quantitative estimate of drug-likeness (QED) is 0.509. The lowest BCUT2D eigenvalue weighted by atomic mass is 10.2. The Labute approximate surface area is 178 Å². The molecule has 1 N–H and O–H groups in total. The molecule has 3 rings (SSSR count). The molecular formula is C21H20ClNO6S. The molecule has 0 bridgehead atoms. The van der Waals surface area contributed by atoms with Crippen molar-refractivity contribution in [1.29, 1.82) is 0 Å². The number of carbonyl (C=O) groups excluding carboxylic acids is 2. The van der Waals surface area contributed by atoms with E-state index in [9.17, 15) is 18.0 Å². The van der Waals surface area contributed by atoms with Crippen LogP contribution >= 0.6 is 11.6 Å². The summed E-state index contributed by atoms with van der Waals surface area (Å²) >= 11 is 5.78. The zero-order chi connectivity index (χ0) is 21.7. The van der Waals surface area contributed by atoms with Gasteiger partial charge in [-0.3, -0.25) is 4.79 Å². The standard InChI is InChI=1S/C21H20ClNO6S/c1-2-28-21(25)20-19(16-6-3-4-7-17(16)29-20)23-18(24)8-5-13-30(26,27)15-11-9-14(22)10-12-15/h3-4,6-7,9-12H,2,5,8,13H2,1H3,(H,23,24). The van der Waals surface area contributed by atoms with Gasteiger partial charge in [0.25, 0.3) is 0 Å². The van der Waals surface area contributed by atoms with Crippen molar-refractivity contribution in [2.24, 2.45) is 0 Å². The molecule has 0 saturated carbocycles. The summed E-state index contributed by atoms with van der Waals surface area (Å²) in [6.07, 6.45) is 0.0654. The number of carbonyl (C=O) groups is 2. The molecule has 0 saturated heterocycles. The third-order valence-corrected chi connectivity index (χ3v) is 6.38. The first-order valence-electron chi connectivity index (χ1n) is 9.28. The van der Waals surface area contributed by atoms with Crippen LogP contribution in [0.15, 0.2) is 57.8 Å². The molecule has 30 heavy (non-hydrogen) atoms. The monoisotopic (exact) mass is 449 g/mol. The molecule has 9 heteroatoms. The minimum Gasteiger partial charge on any atom is -0.460 e. The van der Waals surface area contributed by atoms with Crippen molar-refractivity contribution in [3.05, 3.63) is 59.3 Å². The minimum absolute atomic E-state index is 0.0470. The minimum atomic E-state index is -3.53. The molecule has 1 aromatic heterocycles. The molecule has 0 radical (unpaired) electrons. The molecule has 1 heterocycles. The number of fused-ring (bicyclic) bond motifs is 1. The second-order valence-electron chi connectivity index (χ2n) is 6.45. The van der Waals surface area contributed by atoms with Crippen molar-refractivity contribution < 1.29 is 27.2 Å². The number of esters is 1. The van der Waals surface area contributed by atoms with Crippen molar-refractivity contribution in [3.63, 3.8) is 0 Å². The number of hydrogen-bond acceptors (Lipinski definition) is 6. The van der Waals surface area contributed by atoms with E-state index in [0.717, 1.165) is 0 Å². The molecule has 158 valence electrons. The normalized spacial score (nSPS) is 11.4. The van der Waals surface area contributed by atoms with Gasteiger partial charge >= 0.3 is 5.97 Å². The van der Waals surface area contributed by atoms with Crippen LogP contribution in [0.1, 0.15) is 30.3 Å². The fraction of sp³-hybridized carbons (Fsp3) is 0.238. The molecule has 0 fully saturated rings. The summed E-state index contributed by atoms with van der Waals surface area (Å²) < 4.78 is 35.3. The van der Waals surface area contributed by atoms with Crippen LogP contribution in [0.3, 0.4) is 0 Å². The van der Waals surface area contributed by atoms with Gasteiger partial charge < -0.3 is 14.5 Å². The van der Waals surface area contributed by atoms with Crippen LogP contribution in [0.2, 0.25) is 5.02 Å². The van der Waals surface area contributed by atoms with Gasteiger partial charge in [-0.1, -0.05) is 23.7 Å². The Morgan fingerprint density at radius 2 is 1.80 bits per heavy atom. The van der Waals surface area contributed by atoms with E-state index in [-0.39, 0.29) is 41.5 Å². The first-order valence-corrected chi connectivity index (χ1v) is 11.3. The lowest BCUT2D eigenvalue weighted by Crippen LogP contribution is -2.16. The molecule has 3 aromatic rings. The summed E-state index contributed by atoms with van der Waals surface area (Å²) in [4.78, 5) is 24.8. The molecule has 1 amide bonds. The molecule has 7 nitrogen and oxygen atoms in total. The van der Waals surface area contributed by atoms with E-state index in [1.165, 1.54) is 24.3 Å². The average Bonchev–Trinajstić information content (AvgIpc) is 3.07. The average molecular weight is 450 g/mol. The SMILES string of the molecule is CCOC(=O)c1oc2ccccc2c1NC(=O)CCCS(=O)(=O)c1ccc(Cl)cc1. The summed E-state index contributed by atoms with van der Waals surface area (Å²) in [6.45, 7) is 1.83. The van der Waals surface area contributed by atoms with Crippen LogP contribution in [0, 0.1) is 0 Å². The summed E-state index contributed by atoms with van der Waals surface area (Å²) in [7, 11) is -3.53. The predicted molar refractivity (Wildman–Crippen MR) is 114 cm³/mol. The number of ether oxygens (including phenoxy) is 1. The Bertz CT molecular complexity index is 1170. The van der Waals surface area contributed by atoms with Crippen LogP contribution in [0.25, 0.3) is 11.0 Å². The van der Waals surface area contributed by atoms with Gasteiger partial charge in [0.15, 0.2) is 9.84 Å². The van der Waals surface area contributed by atoms with E-state index in [2.05, 4.69) is 5.32 Å². The summed E-state index contributed by atoms with van der Waals surface area (Å²) in [5.74, 6) is -1.41. The number of furan rings is 1. The largest absolute Gasteiger partial charge is 0.460 e. The van der Waals surface area contributed by atoms with E-state index < -0.39 is 21.7 Å². The zero-order valence-electron chi connectivity index (χ0n) is 16.2. The molecule has 0 aliphatic carbocycles. The highest BCUT2D eigenvalue weighted by atomic mass is 35.5. The number of halogens is 1. The van der Waals surface area contributed by atoms with Crippen molar-refractivity contribution in [3.8, 4) is 0 Å². The van der Waals surface area contributed by atoms with Crippen LogP contribution in [-0.4, -0.2) is 32.7 Å². The molecular weight excluding hydrogens is 430 g/mol. The first-order chi connectivity index (χ1) is 14.3. The van der Waals surface area contributed by atoms with Crippen molar-refractivity contribution in [2.75, 3.05) is 17.7 Å². The number of anilines is 1. The Balaban J connectivity index is 1.69. The van der Waals surface area contributed by atoms with Crippen LogP contribution < -0.4 is 5.32 Å². The number of hydrogen-bond donors (Lipinski definition) is 1. The van der Waals surface area contributed by atoms with Gasteiger partial charge in [-0.2, -0.15) is 0 Å². The van der Waals surface area contributed by atoms with E-state index in [1.54, 1.807) is 31.2 Å². The molecule has 0 atom stereocenters. The van der Waals surface area contributed by atoms with Gasteiger partial charge in [0, 0.05) is 16.8 Å². The number of amides is 1. The van der Waals surface area contributed by atoms with Gasteiger partial charge in [-0.25, -0.2) is 13.2 Å². The van der Waals surface area contributed by atoms with Crippen molar-refractivity contribution in [2.45, 2.75) is 24.7 Å². The lowest BCUT2D eigenvalue weighted by Gasteiger charge is -2.07. The smallest absolute Gasteiger partial charge is 0.376 e. The van der Waals surface area contributed by atoms with E-state index in [1.807, 2.05) is 0 Å². The fourth-order valence-electron chi connectivity index (χ4n) is 2.89. The number of rotatable bonds is 8. The number of nitrogens with one attached hydrogen (secondary N) is 1. The highest BCUT2D eigenvalue weighted by molar-refractivity contribution is 7.91. The Morgan fingerprint density at radius 3 is 2.50 bits per heavy atom. The molecule has 0 unspecified atom stereocenters. The highest BCUT2D eigenvalue weighted by Gasteiger charge is 2.23. The van der Waals surface area contributed by atoms with Crippen LogP contribution in [0.5, 0.6) is 0 Å². The maximum atomic E-state index is 12.4. The first kappa shape index (κ1) is 21.9. The van der Waals surface area contributed by atoms with Gasteiger partial charge in [-0.05, 0) is 49.7 Å². The topological polar surface area (TPSA) is 103 Å². The Morgan fingerprint density at radius 1 is 1.10 bits per heavy atom. The second kappa shape index (κ2) is 9.32. The Hall–Kier alpha value is -2.84. The summed E-state index contributed by atoms with van der Waals surface area (Å²) in [5, 5.41) is 3.66. The Kier molecular flexibility index (Phi) is 6.79. The molecule has 0 aliphatic heterocycles. The lowest BCUT2D eigenvalue weighted by molar-refractivity contribution is -0.116. The van der Waals surface area contributed by atoms with Gasteiger partial charge in [0.2, 0.25) is 11.7 Å². The summed E-state index contributed by atoms with van der Waals surface area (Å²) in [5.41, 5.74) is 0.649. The summed E-state index contributed by atoms with van der Waals surface area (Å²) in [6, 6.07) is 12.7. The predicted octanol–water partition coefficient (Wildman–Crippen LogP) is 4.46. The fourth-order valence-corrected chi connectivity index (χ4v) is 4.33. The molecule has 0 aliphatic rings. The van der Waals surface area contributed by atoms with Gasteiger partial charge in [0.05, 0.1) is 17.3 Å². The molecule has 2 aromatic carbocycles. The third-order valence-electron chi connectivity index (χ3n) is 4.31. The maximum Gasteiger partial charge on any atom is 0.376 e. The van der Waals surface area contributed by atoms with Gasteiger partial charge in [-0.15, -0.1) is 0 Å². The zero-order valence-corrected chi connectivity index (χ0v) is 17.8. The van der Waals surface area contributed by atoms with Crippen molar-refractivity contribution >= 4 is 50.0 Å². The molecule has 0 spiro atoms. The van der Waals surface area contributed by atoms with E-state index >= 15 is 0 Å². The highest BCUT2D eigenvalue weighted by Crippen LogP contribution is 2.31. The third kappa shape index (κ3) is 5.01. The van der Waals surface area contributed by atoms with Crippen molar-refractivity contribution in [1.82, 2.24) is 0 Å². The van der Waals surface area contributed by atoms with E-state index in [0.29, 0.717) is 16.0 Å². The van der Waals surface area contributed by atoms with Crippen LogP contribution in [-0.2, 0) is 19.4 Å².